The molecule has 0 unspecified atom stereocenters. The molecular weight excluding hydrogens is 490 g/mol. The number of sulfonamides is 1. The van der Waals surface area contributed by atoms with Gasteiger partial charge >= 0.3 is 0 Å². The Kier molecular flexibility index (Phi) is 6.40. The van der Waals surface area contributed by atoms with E-state index < -0.39 is 10.0 Å². The molecule has 0 atom stereocenters. The van der Waals surface area contributed by atoms with E-state index >= 15 is 0 Å². The number of nitrogens with zero attached hydrogens (tertiary/aromatic N) is 3. The molecule has 0 bridgehead atoms. The summed E-state index contributed by atoms with van der Waals surface area (Å²) in [7, 11) is -3.54. The maximum absolute atomic E-state index is 13.6. The standard InChI is InChI=1S/C25H22ClN3O3S2/c26-21-9-6-10-22-23(21)27-25(33-22)29(17-18-7-2-1-3-8-18)24(30)19-11-13-20(14-12-19)34(31,32)28-15-4-5-16-28/h1-3,6-14H,4-5,15-17H2. The number of benzene rings is 3. The normalized spacial score (nSPS) is 14.5. The number of para-hydroxylation sites is 1. The van der Waals surface area contributed by atoms with Crippen molar-refractivity contribution >= 4 is 54.2 Å². The van der Waals surface area contributed by atoms with Gasteiger partial charge in [-0.3, -0.25) is 9.69 Å². The fourth-order valence-corrected chi connectivity index (χ4v) is 6.79. The van der Waals surface area contributed by atoms with Gasteiger partial charge in [0.15, 0.2) is 5.13 Å². The molecule has 1 aromatic heterocycles. The molecule has 1 fully saturated rings. The number of anilines is 1. The van der Waals surface area contributed by atoms with E-state index in [1.165, 1.54) is 27.8 Å². The fourth-order valence-electron chi connectivity index (χ4n) is 4.01. The van der Waals surface area contributed by atoms with E-state index in [-0.39, 0.29) is 10.8 Å². The van der Waals surface area contributed by atoms with E-state index in [4.69, 9.17) is 11.6 Å². The van der Waals surface area contributed by atoms with Gasteiger partial charge in [-0.1, -0.05) is 59.3 Å². The molecule has 6 nitrogen and oxygen atoms in total. The van der Waals surface area contributed by atoms with Crippen molar-refractivity contribution in [1.29, 1.82) is 0 Å². The molecule has 0 saturated carbocycles. The summed E-state index contributed by atoms with van der Waals surface area (Å²) in [4.78, 5) is 20.1. The van der Waals surface area contributed by atoms with Crippen molar-refractivity contribution in [3.05, 3.63) is 88.9 Å². The average molecular weight is 512 g/mol. The largest absolute Gasteiger partial charge is 0.279 e. The molecule has 1 aliphatic heterocycles. The zero-order chi connectivity index (χ0) is 23.7. The van der Waals surface area contributed by atoms with Crippen LogP contribution in [0.4, 0.5) is 5.13 Å². The maximum atomic E-state index is 13.6. The van der Waals surface area contributed by atoms with Gasteiger partial charge in [-0.25, -0.2) is 13.4 Å². The molecule has 4 aromatic rings. The highest BCUT2D eigenvalue weighted by atomic mass is 35.5. The third-order valence-electron chi connectivity index (χ3n) is 5.82. The molecule has 1 amide bonds. The number of rotatable bonds is 6. The van der Waals surface area contributed by atoms with Gasteiger partial charge in [0.05, 0.1) is 21.2 Å². The van der Waals surface area contributed by atoms with Gasteiger partial charge < -0.3 is 0 Å². The van der Waals surface area contributed by atoms with Crippen molar-refractivity contribution in [2.75, 3.05) is 18.0 Å². The molecule has 9 heteroatoms. The monoisotopic (exact) mass is 511 g/mol. The molecule has 5 rings (SSSR count). The lowest BCUT2D eigenvalue weighted by atomic mass is 10.1. The van der Waals surface area contributed by atoms with Gasteiger partial charge in [-0.2, -0.15) is 4.31 Å². The predicted octanol–water partition coefficient (Wildman–Crippen LogP) is 5.58. The minimum absolute atomic E-state index is 0.201. The Labute approximate surface area is 207 Å². The lowest BCUT2D eigenvalue weighted by Crippen LogP contribution is -2.30. The maximum Gasteiger partial charge on any atom is 0.260 e. The van der Waals surface area contributed by atoms with Gasteiger partial charge in [0.2, 0.25) is 10.0 Å². The lowest BCUT2D eigenvalue weighted by Gasteiger charge is -2.21. The van der Waals surface area contributed by atoms with E-state index in [1.807, 2.05) is 42.5 Å². The van der Waals surface area contributed by atoms with E-state index in [2.05, 4.69) is 4.98 Å². The summed E-state index contributed by atoms with van der Waals surface area (Å²) in [6.07, 6.45) is 1.74. The summed E-state index contributed by atoms with van der Waals surface area (Å²) in [6, 6.07) is 21.4. The number of hydrogen-bond donors (Lipinski definition) is 0. The first-order valence-electron chi connectivity index (χ1n) is 10.9. The molecule has 1 saturated heterocycles. The Hall–Kier alpha value is -2.78. The van der Waals surface area contributed by atoms with Crippen LogP contribution in [-0.2, 0) is 16.6 Å². The van der Waals surface area contributed by atoms with E-state index in [0.717, 1.165) is 23.1 Å². The van der Waals surface area contributed by atoms with Crippen LogP contribution in [0.1, 0.15) is 28.8 Å². The third-order valence-corrected chi connectivity index (χ3v) is 9.08. The van der Waals surface area contributed by atoms with Gasteiger partial charge in [0.25, 0.3) is 5.91 Å². The molecule has 2 heterocycles. The zero-order valence-corrected chi connectivity index (χ0v) is 20.6. The Bertz CT molecular complexity index is 1430. The SMILES string of the molecule is O=C(c1ccc(S(=O)(=O)N2CCCC2)cc1)N(Cc1ccccc1)c1nc2c(Cl)cccc2s1. The highest BCUT2D eigenvalue weighted by Gasteiger charge is 2.28. The fraction of sp³-hybridized carbons (Fsp3) is 0.200. The van der Waals surface area contributed by atoms with Crippen LogP contribution in [0.5, 0.6) is 0 Å². The molecular formula is C25H22ClN3O3S2. The minimum atomic E-state index is -3.54. The van der Waals surface area contributed by atoms with Crippen molar-refractivity contribution in [3.63, 3.8) is 0 Å². The number of amides is 1. The molecule has 3 aromatic carbocycles. The van der Waals surface area contributed by atoms with Crippen LogP contribution in [0.25, 0.3) is 10.2 Å². The smallest absolute Gasteiger partial charge is 0.260 e. The molecule has 0 N–H and O–H groups in total. The number of aromatic nitrogens is 1. The van der Waals surface area contributed by atoms with Gasteiger partial charge in [-0.15, -0.1) is 0 Å². The summed E-state index contributed by atoms with van der Waals surface area (Å²) in [5, 5.41) is 1.06. The van der Waals surface area contributed by atoms with Gasteiger partial charge in [-0.05, 0) is 54.8 Å². The van der Waals surface area contributed by atoms with Crippen molar-refractivity contribution in [3.8, 4) is 0 Å². The van der Waals surface area contributed by atoms with Crippen LogP contribution in [0.3, 0.4) is 0 Å². The number of carbonyl (C=O) groups is 1. The van der Waals surface area contributed by atoms with E-state index in [0.29, 0.717) is 40.9 Å². The topological polar surface area (TPSA) is 70.6 Å². The summed E-state index contributed by atoms with van der Waals surface area (Å²) in [6.45, 7) is 1.40. The van der Waals surface area contributed by atoms with Gasteiger partial charge in [0, 0.05) is 18.7 Å². The second-order valence-electron chi connectivity index (χ2n) is 8.10. The first-order valence-corrected chi connectivity index (χ1v) is 13.6. The van der Waals surface area contributed by atoms with Crippen LogP contribution >= 0.6 is 22.9 Å². The highest BCUT2D eigenvalue weighted by molar-refractivity contribution is 7.89. The second-order valence-corrected chi connectivity index (χ2v) is 11.4. The highest BCUT2D eigenvalue weighted by Crippen LogP contribution is 2.34. The number of hydrogen-bond acceptors (Lipinski definition) is 5. The Morgan fingerprint density at radius 2 is 1.68 bits per heavy atom. The minimum Gasteiger partial charge on any atom is -0.279 e. The van der Waals surface area contributed by atoms with E-state index in [1.54, 1.807) is 23.1 Å². The van der Waals surface area contributed by atoms with Crippen LogP contribution in [0.2, 0.25) is 5.02 Å². The average Bonchev–Trinajstić information content (AvgIpc) is 3.54. The lowest BCUT2D eigenvalue weighted by molar-refractivity contribution is 0.0985. The van der Waals surface area contributed by atoms with Crippen molar-refractivity contribution in [2.24, 2.45) is 0 Å². The molecule has 0 spiro atoms. The summed E-state index contributed by atoms with van der Waals surface area (Å²) < 4.78 is 28.1. The number of thiazole rings is 1. The summed E-state index contributed by atoms with van der Waals surface area (Å²) >= 11 is 7.72. The second kappa shape index (κ2) is 9.46. The number of halogens is 1. The van der Waals surface area contributed by atoms with Crippen molar-refractivity contribution in [2.45, 2.75) is 24.3 Å². The zero-order valence-electron chi connectivity index (χ0n) is 18.2. The number of carbonyl (C=O) groups excluding carboxylic acids is 1. The first kappa shape index (κ1) is 23.0. The predicted molar refractivity (Wildman–Crippen MR) is 136 cm³/mol. The quantitative estimate of drug-likeness (QED) is 0.339. The Balaban J connectivity index is 1.49. The molecule has 1 aliphatic rings. The first-order chi connectivity index (χ1) is 16.4. The van der Waals surface area contributed by atoms with Crippen molar-refractivity contribution < 1.29 is 13.2 Å². The molecule has 0 aliphatic carbocycles. The van der Waals surface area contributed by atoms with Gasteiger partial charge in [0.1, 0.15) is 5.52 Å². The third kappa shape index (κ3) is 4.46. The van der Waals surface area contributed by atoms with Crippen LogP contribution < -0.4 is 4.90 Å². The van der Waals surface area contributed by atoms with Crippen LogP contribution in [0, 0.1) is 0 Å². The Morgan fingerprint density at radius 1 is 0.971 bits per heavy atom. The molecule has 174 valence electrons. The Morgan fingerprint density at radius 3 is 2.35 bits per heavy atom. The molecule has 0 radical (unpaired) electrons. The molecule has 34 heavy (non-hydrogen) atoms. The number of fused-ring (bicyclic) bond motifs is 1. The van der Waals surface area contributed by atoms with Crippen LogP contribution in [-0.4, -0.2) is 36.7 Å². The summed E-state index contributed by atoms with van der Waals surface area (Å²) in [5.74, 6) is -0.260. The van der Waals surface area contributed by atoms with E-state index in [9.17, 15) is 13.2 Å². The van der Waals surface area contributed by atoms with Crippen molar-refractivity contribution in [1.82, 2.24) is 9.29 Å². The van der Waals surface area contributed by atoms with Crippen LogP contribution in [0.15, 0.2) is 77.7 Å². The summed E-state index contributed by atoms with van der Waals surface area (Å²) in [5.41, 5.74) is 2.00.